The van der Waals surface area contributed by atoms with Gasteiger partial charge < -0.3 is 10.5 Å². The molecule has 1 atom stereocenters. The Morgan fingerprint density at radius 1 is 1.37 bits per heavy atom. The molecule has 0 amide bonds. The topological polar surface area (TPSA) is 86.5 Å². The van der Waals surface area contributed by atoms with Crippen molar-refractivity contribution in [3.63, 3.8) is 0 Å². The average molecular weight is 291 g/mol. The molecule has 0 heterocycles. The number of esters is 1. The van der Waals surface area contributed by atoms with Gasteiger partial charge in [0, 0.05) is 12.3 Å². The van der Waals surface area contributed by atoms with Gasteiger partial charge in [-0.05, 0) is 25.2 Å². The number of nitrogens with two attached hydrogens (primary N) is 1. The lowest BCUT2D eigenvalue weighted by Gasteiger charge is -2.29. The standard InChI is InChI=1S/C13H25NO4S/c1-3-7-19(16,17)8-6-13(10-14,12(15)18-2)9-11-4-5-11/h11H,3-10,14H2,1-2H3. The smallest absolute Gasteiger partial charge is 0.313 e. The molecule has 0 bridgehead atoms. The monoisotopic (exact) mass is 291 g/mol. The Morgan fingerprint density at radius 3 is 2.42 bits per heavy atom. The number of carbonyl (C=O) groups is 1. The van der Waals surface area contributed by atoms with E-state index < -0.39 is 15.3 Å². The third kappa shape index (κ3) is 4.76. The van der Waals surface area contributed by atoms with Crippen LogP contribution in [-0.4, -0.2) is 39.5 Å². The molecular weight excluding hydrogens is 266 g/mol. The van der Waals surface area contributed by atoms with Gasteiger partial charge in [-0.1, -0.05) is 19.8 Å². The van der Waals surface area contributed by atoms with Crippen molar-refractivity contribution in [2.45, 2.75) is 39.0 Å². The van der Waals surface area contributed by atoms with Gasteiger partial charge in [0.15, 0.2) is 0 Å². The molecule has 5 nitrogen and oxygen atoms in total. The van der Waals surface area contributed by atoms with Crippen molar-refractivity contribution in [1.82, 2.24) is 0 Å². The van der Waals surface area contributed by atoms with Crippen LogP contribution in [0.4, 0.5) is 0 Å². The van der Waals surface area contributed by atoms with E-state index in [1.165, 1.54) is 7.11 Å². The molecule has 0 spiro atoms. The second kappa shape index (κ2) is 6.70. The molecule has 1 aliphatic rings. The summed E-state index contributed by atoms with van der Waals surface area (Å²) in [4.78, 5) is 12.0. The van der Waals surface area contributed by atoms with Crippen LogP contribution in [0.5, 0.6) is 0 Å². The van der Waals surface area contributed by atoms with E-state index >= 15 is 0 Å². The van der Waals surface area contributed by atoms with Crippen molar-refractivity contribution < 1.29 is 17.9 Å². The van der Waals surface area contributed by atoms with E-state index in [-0.39, 0.29) is 30.4 Å². The third-order valence-electron chi connectivity index (χ3n) is 3.79. The van der Waals surface area contributed by atoms with Crippen LogP contribution in [0.15, 0.2) is 0 Å². The molecule has 0 aromatic heterocycles. The predicted molar refractivity (Wildman–Crippen MR) is 74.4 cm³/mol. The van der Waals surface area contributed by atoms with E-state index in [9.17, 15) is 13.2 Å². The largest absolute Gasteiger partial charge is 0.469 e. The lowest BCUT2D eigenvalue weighted by atomic mass is 9.80. The second-order valence-electron chi connectivity index (χ2n) is 5.53. The van der Waals surface area contributed by atoms with Crippen molar-refractivity contribution >= 4 is 15.8 Å². The normalized spacial score (nSPS) is 18.9. The number of hydrogen-bond acceptors (Lipinski definition) is 5. The summed E-state index contributed by atoms with van der Waals surface area (Å²) >= 11 is 0. The number of hydrogen-bond donors (Lipinski definition) is 1. The number of rotatable bonds is 9. The molecule has 0 aromatic carbocycles. The van der Waals surface area contributed by atoms with Crippen LogP contribution in [0.3, 0.4) is 0 Å². The van der Waals surface area contributed by atoms with Crippen LogP contribution >= 0.6 is 0 Å². The van der Waals surface area contributed by atoms with Gasteiger partial charge in [0.2, 0.25) is 0 Å². The maximum Gasteiger partial charge on any atom is 0.313 e. The minimum Gasteiger partial charge on any atom is -0.469 e. The quantitative estimate of drug-likeness (QED) is 0.643. The molecule has 1 rings (SSSR count). The van der Waals surface area contributed by atoms with E-state index in [0.29, 0.717) is 18.8 Å². The molecule has 2 N–H and O–H groups in total. The fourth-order valence-corrected chi connectivity index (χ4v) is 3.94. The molecule has 112 valence electrons. The Morgan fingerprint density at radius 2 is 2.00 bits per heavy atom. The zero-order valence-electron chi connectivity index (χ0n) is 11.9. The molecule has 0 saturated heterocycles. The van der Waals surface area contributed by atoms with Gasteiger partial charge in [-0.2, -0.15) is 0 Å². The number of methoxy groups -OCH3 is 1. The van der Waals surface area contributed by atoms with E-state index in [0.717, 1.165) is 12.8 Å². The third-order valence-corrected chi connectivity index (χ3v) is 5.65. The van der Waals surface area contributed by atoms with Crippen LogP contribution in [0, 0.1) is 11.3 Å². The Kier molecular flexibility index (Phi) is 5.80. The highest BCUT2D eigenvalue weighted by atomic mass is 32.2. The Labute approximate surface area is 115 Å². The number of carbonyl (C=O) groups excluding carboxylic acids is 1. The first kappa shape index (κ1) is 16.4. The first-order valence-electron chi connectivity index (χ1n) is 6.88. The molecule has 0 aliphatic heterocycles. The van der Waals surface area contributed by atoms with Crippen molar-refractivity contribution in [1.29, 1.82) is 0 Å². The van der Waals surface area contributed by atoms with Gasteiger partial charge in [0.1, 0.15) is 9.84 Å². The maximum atomic E-state index is 12.0. The van der Waals surface area contributed by atoms with Crippen LogP contribution in [0.2, 0.25) is 0 Å². The van der Waals surface area contributed by atoms with Crippen LogP contribution < -0.4 is 5.73 Å². The van der Waals surface area contributed by atoms with Gasteiger partial charge in [0.05, 0.1) is 18.3 Å². The van der Waals surface area contributed by atoms with Crippen molar-refractivity contribution in [2.24, 2.45) is 17.1 Å². The molecular formula is C13H25NO4S. The fourth-order valence-electron chi connectivity index (χ4n) is 2.41. The highest BCUT2D eigenvalue weighted by molar-refractivity contribution is 7.91. The average Bonchev–Trinajstić information content (AvgIpc) is 3.17. The maximum absolute atomic E-state index is 12.0. The molecule has 1 fully saturated rings. The lowest BCUT2D eigenvalue weighted by Crippen LogP contribution is -2.41. The molecule has 1 saturated carbocycles. The summed E-state index contributed by atoms with van der Waals surface area (Å²) in [6.07, 6.45) is 3.71. The summed E-state index contributed by atoms with van der Waals surface area (Å²) in [5.74, 6) is 0.308. The summed E-state index contributed by atoms with van der Waals surface area (Å²) in [6.45, 7) is 1.98. The molecule has 6 heteroatoms. The minimum atomic E-state index is -3.10. The lowest BCUT2D eigenvalue weighted by molar-refractivity contribution is -0.153. The van der Waals surface area contributed by atoms with Crippen molar-refractivity contribution in [2.75, 3.05) is 25.2 Å². The van der Waals surface area contributed by atoms with Gasteiger partial charge in [-0.25, -0.2) is 8.42 Å². The first-order chi connectivity index (χ1) is 8.89. The highest BCUT2D eigenvalue weighted by Crippen LogP contribution is 2.42. The Hall–Kier alpha value is -0.620. The predicted octanol–water partition coefficient (Wildman–Crippen LogP) is 1.12. The zero-order valence-corrected chi connectivity index (χ0v) is 12.7. The minimum absolute atomic E-state index is 0.0137. The first-order valence-corrected chi connectivity index (χ1v) is 8.70. The molecule has 1 aliphatic carbocycles. The van der Waals surface area contributed by atoms with Gasteiger partial charge in [0.25, 0.3) is 0 Å². The molecule has 1 unspecified atom stereocenters. The van der Waals surface area contributed by atoms with Gasteiger partial charge >= 0.3 is 5.97 Å². The van der Waals surface area contributed by atoms with Crippen LogP contribution in [0.1, 0.15) is 39.0 Å². The number of sulfone groups is 1. The SMILES string of the molecule is CCCS(=O)(=O)CCC(CN)(CC1CC1)C(=O)OC. The summed E-state index contributed by atoms with van der Waals surface area (Å²) < 4.78 is 28.5. The van der Waals surface area contributed by atoms with Crippen LogP contribution in [-0.2, 0) is 19.4 Å². The van der Waals surface area contributed by atoms with E-state index in [2.05, 4.69) is 0 Å². The van der Waals surface area contributed by atoms with Gasteiger partial charge in [-0.3, -0.25) is 4.79 Å². The molecule has 19 heavy (non-hydrogen) atoms. The van der Waals surface area contributed by atoms with E-state index in [4.69, 9.17) is 10.5 Å². The highest BCUT2D eigenvalue weighted by Gasteiger charge is 2.43. The fraction of sp³-hybridized carbons (Fsp3) is 0.923. The van der Waals surface area contributed by atoms with Crippen molar-refractivity contribution in [3.05, 3.63) is 0 Å². The zero-order chi connectivity index (χ0) is 14.5. The molecule has 0 radical (unpaired) electrons. The summed E-state index contributed by atoms with van der Waals surface area (Å²) in [5.41, 5.74) is 4.95. The Balaban J connectivity index is 2.75. The van der Waals surface area contributed by atoms with Crippen molar-refractivity contribution in [3.8, 4) is 0 Å². The summed E-state index contributed by atoms with van der Waals surface area (Å²) in [7, 11) is -1.76. The summed E-state index contributed by atoms with van der Waals surface area (Å²) in [6, 6.07) is 0. The van der Waals surface area contributed by atoms with E-state index in [1.54, 1.807) is 0 Å². The number of ether oxygens (including phenoxy) is 1. The van der Waals surface area contributed by atoms with Gasteiger partial charge in [-0.15, -0.1) is 0 Å². The molecule has 0 aromatic rings. The summed E-state index contributed by atoms with van der Waals surface area (Å²) in [5, 5.41) is 0. The second-order valence-corrected chi connectivity index (χ2v) is 7.83. The Bertz CT molecular complexity index is 403. The van der Waals surface area contributed by atoms with E-state index in [1.807, 2.05) is 6.92 Å². The van der Waals surface area contributed by atoms with Crippen LogP contribution in [0.25, 0.3) is 0 Å².